The molecule has 1 heterocycles. The Morgan fingerprint density at radius 1 is 1.25 bits per heavy atom. The molecule has 5 heteroatoms. The van der Waals surface area contributed by atoms with E-state index in [0.717, 1.165) is 6.54 Å². The van der Waals surface area contributed by atoms with Gasteiger partial charge in [0.15, 0.2) is 0 Å². The predicted molar refractivity (Wildman–Crippen MR) is 62.6 cm³/mol. The van der Waals surface area contributed by atoms with Gasteiger partial charge in [0.25, 0.3) is 5.91 Å². The maximum absolute atomic E-state index is 11.9. The minimum Gasteiger partial charge on any atom is -0.340 e. The van der Waals surface area contributed by atoms with Gasteiger partial charge in [-0.2, -0.15) is 0 Å². The Hall–Kier alpha value is -1.62. The molecule has 16 heavy (non-hydrogen) atoms. The van der Waals surface area contributed by atoms with E-state index < -0.39 is 0 Å². The lowest BCUT2D eigenvalue weighted by Crippen LogP contribution is -2.33. The van der Waals surface area contributed by atoms with Crippen molar-refractivity contribution in [3.8, 4) is 0 Å². The van der Waals surface area contributed by atoms with Crippen LogP contribution in [0.1, 0.15) is 10.4 Å². The van der Waals surface area contributed by atoms with Crippen LogP contribution >= 0.6 is 0 Å². The molecule has 0 spiro atoms. The van der Waals surface area contributed by atoms with Gasteiger partial charge in [-0.15, -0.1) is 0 Å². The second kappa shape index (κ2) is 5.46. The van der Waals surface area contributed by atoms with Crippen LogP contribution in [0.4, 0.5) is 0 Å². The zero-order valence-electron chi connectivity index (χ0n) is 9.86. The summed E-state index contributed by atoms with van der Waals surface area (Å²) in [6.07, 6.45) is 1.44. The number of pyridine rings is 1. The fourth-order valence-corrected chi connectivity index (χ4v) is 1.22. The highest BCUT2D eigenvalue weighted by Crippen LogP contribution is 1.99. The Kier molecular flexibility index (Phi) is 4.25. The maximum Gasteiger partial charge on any atom is 0.255 e. The average molecular weight is 223 g/mol. The van der Waals surface area contributed by atoms with Gasteiger partial charge >= 0.3 is 0 Å². The Bertz CT molecular complexity index is 391. The van der Waals surface area contributed by atoms with E-state index >= 15 is 0 Å². The molecule has 0 unspecified atom stereocenters. The van der Waals surface area contributed by atoms with Gasteiger partial charge in [-0.3, -0.25) is 9.59 Å². The number of aromatic amines is 1. The van der Waals surface area contributed by atoms with Gasteiger partial charge in [0.2, 0.25) is 5.56 Å². The molecule has 0 saturated heterocycles. The molecular weight excluding hydrogens is 206 g/mol. The van der Waals surface area contributed by atoms with Gasteiger partial charge in [-0.25, -0.2) is 0 Å². The number of hydrogen-bond donors (Lipinski definition) is 1. The molecular formula is C11H17N3O2. The molecule has 0 atom stereocenters. The van der Waals surface area contributed by atoms with Crippen LogP contribution in [0.25, 0.3) is 0 Å². The smallest absolute Gasteiger partial charge is 0.255 e. The van der Waals surface area contributed by atoms with E-state index in [0.29, 0.717) is 12.1 Å². The van der Waals surface area contributed by atoms with Crippen LogP contribution in [0, 0.1) is 0 Å². The molecule has 1 N–H and O–H groups in total. The molecule has 1 rings (SSSR count). The van der Waals surface area contributed by atoms with Crippen molar-refractivity contribution in [2.24, 2.45) is 0 Å². The molecule has 5 nitrogen and oxygen atoms in total. The number of nitrogens with zero attached hydrogens (tertiary/aromatic N) is 2. The minimum absolute atomic E-state index is 0.0851. The third-order valence-corrected chi connectivity index (χ3v) is 2.26. The van der Waals surface area contributed by atoms with Crippen molar-refractivity contribution in [2.75, 3.05) is 34.2 Å². The number of carbonyl (C=O) groups excluding carboxylic acids is 1. The predicted octanol–water partition coefficient (Wildman–Crippen LogP) is 0.00850. The number of nitrogens with one attached hydrogen (secondary N) is 1. The Morgan fingerprint density at radius 2 is 1.94 bits per heavy atom. The quantitative estimate of drug-likeness (QED) is 0.782. The van der Waals surface area contributed by atoms with Crippen molar-refractivity contribution < 1.29 is 4.79 Å². The SMILES string of the molecule is CN(C)CCN(C)C(=O)c1ccc(=O)[nH]c1. The number of aromatic nitrogens is 1. The number of likely N-dealkylation sites (N-methyl/N-ethyl adjacent to an activating group) is 2. The normalized spacial score (nSPS) is 10.5. The largest absolute Gasteiger partial charge is 0.340 e. The first-order chi connectivity index (χ1) is 7.50. The summed E-state index contributed by atoms with van der Waals surface area (Å²) in [5.41, 5.74) is 0.299. The Morgan fingerprint density at radius 3 is 2.44 bits per heavy atom. The standard InChI is InChI=1S/C11H17N3O2/c1-13(2)6-7-14(3)11(16)9-4-5-10(15)12-8-9/h4-5,8H,6-7H2,1-3H3,(H,12,15). The number of carbonyl (C=O) groups is 1. The van der Waals surface area contributed by atoms with Gasteiger partial charge in [-0.1, -0.05) is 0 Å². The highest BCUT2D eigenvalue weighted by atomic mass is 16.2. The molecule has 0 aliphatic rings. The summed E-state index contributed by atoms with van der Waals surface area (Å²) in [4.78, 5) is 28.8. The van der Waals surface area contributed by atoms with Crippen LogP contribution in [-0.2, 0) is 0 Å². The fraction of sp³-hybridized carbons (Fsp3) is 0.455. The van der Waals surface area contributed by atoms with Gasteiger partial charge in [-0.05, 0) is 20.2 Å². The lowest BCUT2D eigenvalue weighted by atomic mass is 10.2. The zero-order chi connectivity index (χ0) is 12.1. The lowest BCUT2D eigenvalue weighted by Gasteiger charge is -2.19. The van der Waals surface area contributed by atoms with Gasteiger partial charge in [0, 0.05) is 32.4 Å². The van der Waals surface area contributed by atoms with Crippen LogP contribution in [0.2, 0.25) is 0 Å². The van der Waals surface area contributed by atoms with Crippen molar-refractivity contribution in [1.29, 1.82) is 0 Å². The first-order valence-electron chi connectivity index (χ1n) is 5.09. The van der Waals surface area contributed by atoms with Crippen LogP contribution in [0.3, 0.4) is 0 Å². The average Bonchev–Trinajstić information content (AvgIpc) is 2.26. The van der Waals surface area contributed by atoms with Gasteiger partial charge in [0.1, 0.15) is 0 Å². The molecule has 88 valence electrons. The van der Waals surface area contributed by atoms with Gasteiger partial charge < -0.3 is 14.8 Å². The van der Waals surface area contributed by atoms with Crippen molar-refractivity contribution in [3.63, 3.8) is 0 Å². The molecule has 0 saturated carbocycles. The summed E-state index contributed by atoms with van der Waals surface area (Å²) in [6.45, 7) is 1.47. The third-order valence-electron chi connectivity index (χ3n) is 2.26. The summed E-state index contributed by atoms with van der Waals surface area (Å²) in [5, 5.41) is 0. The van der Waals surface area contributed by atoms with E-state index in [1.807, 2.05) is 19.0 Å². The molecule has 0 radical (unpaired) electrons. The topological polar surface area (TPSA) is 56.4 Å². The highest BCUT2D eigenvalue weighted by molar-refractivity contribution is 5.93. The van der Waals surface area contributed by atoms with Crippen LogP contribution in [-0.4, -0.2) is 54.9 Å². The van der Waals surface area contributed by atoms with E-state index in [9.17, 15) is 9.59 Å². The van der Waals surface area contributed by atoms with Crippen molar-refractivity contribution in [1.82, 2.24) is 14.8 Å². The fourth-order valence-electron chi connectivity index (χ4n) is 1.22. The Labute approximate surface area is 94.7 Å². The summed E-state index contributed by atoms with van der Waals surface area (Å²) < 4.78 is 0. The van der Waals surface area contributed by atoms with E-state index in [-0.39, 0.29) is 11.5 Å². The zero-order valence-corrected chi connectivity index (χ0v) is 9.86. The summed E-state index contributed by atoms with van der Waals surface area (Å²) in [5.74, 6) is -0.0851. The third kappa shape index (κ3) is 3.51. The summed E-state index contributed by atoms with van der Waals surface area (Å²) in [7, 11) is 5.66. The summed E-state index contributed by atoms with van der Waals surface area (Å²) in [6, 6.07) is 2.89. The number of hydrogen-bond acceptors (Lipinski definition) is 3. The van der Waals surface area contributed by atoms with E-state index in [4.69, 9.17) is 0 Å². The molecule has 0 bridgehead atoms. The Balaban J connectivity index is 2.63. The number of rotatable bonds is 4. The molecule has 1 amide bonds. The molecule has 1 aromatic rings. The first kappa shape index (κ1) is 12.4. The minimum atomic E-state index is -0.201. The van der Waals surface area contributed by atoms with E-state index in [1.54, 1.807) is 11.9 Å². The second-order valence-electron chi connectivity index (χ2n) is 3.97. The molecule has 0 fully saturated rings. The van der Waals surface area contributed by atoms with E-state index in [2.05, 4.69) is 4.98 Å². The second-order valence-corrected chi connectivity index (χ2v) is 3.97. The lowest BCUT2D eigenvalue weighted by molar-refractivity contribution is 0.0786. The molecule has 0 aliphatic heterocycles. The van der Waals surface area contributed by atoms with Crippen LogP contribution in [0.5, 0.6) is 0 Å². The molecule has 0 aliphatic carbocycles. The van der Waals surface area contributed by atoms with E-state index in [1.165, 1.54) is 18.3 Å². The van der Waals surface area contributed by atoms with Crippen molar-refractivity contribution in [3.05, 3.63) is 34.2 Å². The monoisotopic (exact) mass is 223 g/mol. The van der Waals surface area contributed by atoms with Crippen molar-refractivity contribution in [2.45, 2.75) is 0 Å². The van der Waals surface area contributed by atoms with Crippen LogP contribution < -0.4 is 5.56 Å². The number of amides is 1. The molecule has 1 aromatic heterocycles. The van der Waals surface area contributed by atoms with Gasteiger partial charge in [0.05, 0.1) is 5.56 Å². The first-order valence-corrected chi connectivity index (χ1v) is 5.09. The van der Waals surface area contributed by atoms with Crippen LogP contribution in [0.15, 0.2) is 23.1 Å². The maximum atomic E-state index is 11.9. The number of H-pyrrole nitrogens is 1. The van der Waals surface area contributed by atoms with Crippen molar-refractivity contribution >= 4 is 5.91 Å². The highest BCUT2D eigenvalue weighted by Gasteiger charge is 2.11. The molecule has 0 aromatic carbocycles. The summed E-state index contributed by atoms with van der Waals surface area (Å²) >= 11 is 0.